The molecule has 2 rings (SSSR count). The zero-order valence-electron chi connectivity index (χ0n) is 15.1. The molecule has 0 bridgehead atoms. The first-order valence-corrected chi connectivity index (χ1v) is 8.44. The van der Waals surface area contributed by atoms with Gasteiger partial charge in [-0.05, 0) is 30.5 Å². The number of benzene rings is 1. The number of ether oxygens (including phenoxy) is 1. The molecule has 1 fully saturated rings. The summed E-state index contributed by atoms with van der Waals surface area (Å²) >= 11 is 0. The average molecular weight is 350 g/mol. The van der Waals surface area contributed by atoms with Gasteiger partial charge in [-0.3, -0.25) is 4.79 Å². The summed E-state index contributed by atoms with van der Waals surface area (Å²) in [6.07, 6.45) is 2.01. The van der Waals surface area contributed by atoms with E-state index in [-0.39, 0.29) is 23.7 Å². The van der Waals surface area contributed by atoms with Gasteiger partial charge in [0.05, 0.1) is 6.61 Å². The predicted octanol–water partition coefficient (Wildman–Crippen LogP) is 1.13. The first kappa shape index (κ1) is 19.2. The fourth-order valence-corrected chi connectivity index (χ4v) is 2.52. The van der Waals surface area contributed by atoms with Crippen LogP contribution in [0.5, 0.6) is 0 Å². The van der Waals surface area contributed by atoms with Crippen molar-refractivity contribution in [3.8, 4) is 0 Å². The molecule has 1 aromatic rings. The Bertz CT molecular complexity index is 615. The molecular formula is C18H27FN4O2. The Labute approximate surface area is 148 Å². The van der Waals surface area contributed by atoms with Gasteiger partial charge in [-0.25, -0.2) is 9.38 Å². The molecule has 1 amide bonds. The van der Waals surface area contributed by atoms with Gasteiger partial charge in [-0.2, -0.15) is 0 Å². The first-order valence-electron chi connectivity index (χ1n) is 8.44. The summed E-state index contributed by atoms with van der Waals surface area (Å²) in [4.78, 5) is 17.6. The number of likely N-dealkylation sites (N-methyl/N-ethyl adjacent to an activating group) is 1. The van der Waals surface area contributed by atoms with Crippen molar-refractivity contribution >= 4 is 11.9 Å². The number of hydrogen-bond acceptors (Lipinski definition) is 3. The smallest absolute Gasteiger partial charge is 0.243 e. The minimum absolute atomic E-state index is 0.0582. The van der Waals surface area contributed by atoms with Crippen molar-refractivity contribution < 1.29 is 13.9 Å². The van der Waals surface area contributed by atoms with Gasteiger partial charge in [0.2, 0.25) is 5.91 Å². The summed E-state index contributed by atoms with van der Waals surface area (Å²) in [6.45, 7) is 1.84. The Balaban J connectivity index is 1.98. The molecule has 2 N–H and O–H groups in total. The van der Waals surface area contributed by atoms with E-state index >= 15 is 0 Å². The molecule has 0 saturated heterocycles. The van der Waals surface area contributed by atoms with Crippen molar-refractivity contribution in [3.63, 3.8) is 0 Å². The Morgan fingerprint density at radius 3 is 2.72 bits per heavy atom. The van der Waals surface area contributed by atoms with E-state index in [1.807, 2.05) is 6.07 Å². The average Bonchev–Trinajstić information content (AvgIpc) is 3.37. The van der Waals surface area contributed by atoms with Crippen LogP contribution in [0.25, 0.3) is 0 Å². The maximum Gasteiger partial charge on any atom is 0.243 e. The Kier molecular flexibility index (Phi) is 6.75. The number of aliphatic imine (C=N–C) groups is 1. The van der Waals surface area contributed by atoms with E-state index in [2.05, 4.69) is 15.6 Å². The van der Waals surface area contributed by atoms with Crippen LogP contribution in [0.15, 0.2) is 29.3 Å². The molecule has 0 radical (unpaired) electrons. The van der Waals surface area contributed by atoms with Gasteiger partial charge in [-0.1, -0.05) is 12.1 Å². The summed E-state index contributed by atoms with van der Waals surface area (Å²) in [7, 11) is 5.03. The minimum atomic E-state index is -0.215. The summed E-state index contributed by atoms with van der Waals surface area (Å²) in [6, 6.07) is 6.76. The van der Waals surface area contributed by atoms with E-state index in [9.17, 15) is 9.18 Å². The third-order valence-corrected chi connectivity index (χ3v) is 4.35. The molecule has 1 aliphatic carbocycles. The molecule has 6 nitrogen and oxygen atoms in total. The van der Waals surface area contributed by atoms with Crippen LogP contribution < -0.4 is 10.6 Å². The highest BCUT2D eigenvalue weighted by Crippen LogP contribution is 2.47. The summed E-state index contributed by atoms with van der Waals surface area (Å²) in [5.74, 6) is 0.279. The van der Waals surface area contributed by atoms with Gasteiger partial charge in [0.1, 0.15) is 12.4 Å². The number of hydrogen-bond donors (Lipinski definition) is 2. The lowest BCUT2D eigenvalue weighted by molar-refractivity contribution is -0.127. The fraction of sp³-hybridized carbons (Fsp3) is 0.556. The minimum Gasteiger partial charge on any atom is -0.383 e. The number of nitrogens with one attached hydrogen (secondary N) is 2. The topological polar surface area (TPSA) is 66.0 Å². The lowest BCUT2D eigenvalue weighted by atomic mass is 9.96. The van der Waals surface area contributed by atoms with Gasteiger partial charge in [0, 0.05) is 39.7 Å². The monoisotopic (exact) mass is 350 g/mol. The van der Waals surface area contributed by atoms with Gasteiger partial charge >= 0.3 is 0 Å². The number of amides is 1. The molecule has 0 aliphatic heterocycles. The van der Waals surface area contributed by atoms with Crippen molar-refractivity contribution in [1.82, 2.24) is 15.5 Å². The third kappa shape index (κ3) is 5.70. The standard InChI is InChI=1S/C18H27FN4O2/c1-23(2)16(24)12-21-17(20-9-10-25-3)22-13-18(7-8-18)14-5-4-6-15(19)11-14/h4-6,11H,7-10,12-13H2,1-3H3,(H2,20,21,22). The van der Waals surface area contributed by atoms with Crippen LogP contribution in [-0.4, -0.2) is 64.2 Å². The number of rotatable bonds is 8. The van der Waals surface area contributed by atoms with Crippen molar-refractivity contribution in [1.29, 1.82) is 0 Å². The molecule has 0 atom stereocenters. The zero-order valence-corrected chi connectivity index (χ0v) is 15.1. The molecule has 1 aliphatic rings. The zero-order chi connectivity index (χ0) is 18.3. The predicted molar refractivity (Wildman–Crippen MR) is 96.2 cm³/mol. The van der Waals surface area contributed by atoms with E-state index in [0.29, 0.717) is 25.7 Å². The molecule has 1 aromatic carbocycles. The van der Waals surface area contributed by atoms with Crippen LogP contribution in [-0.2, 0) is 14.9 Å². The second-order valence-electron chi connectivity index (χ2n) is 6.52. The van der Waals surface area contributed by atoms with E-state index in [1.54, 1.807) is 33.3 Å². The maximum absolute atomic E-state index is 13.5. The van der Waals surface area contributed by atoms with Gasteiger partial charge in [0.15, 0.2) is 5.96 Å². The van der Waals surface area contributed by atoms with E-state index < -0.39 is 0 Å². The molecule has 25 heavy (non-hydrogen) atoms. The fourth-order valence-electron chi connectivity index (χ4n) is 2.52. The summed E-state index contributed by atoms with van der Waals surface area (Å²) in [5, 5.41) is 6.43. The molecule has 0 spiro atoms. The third-order valence-electron chi connectivity index (χ3n) is 4.35. The van der Waals surface area contributed by atoms with Crippen molar-refractivity contribution in [2.45, 2.75) is 18.3 Å². The highest BCUT2D eigenvalue weighted by Gasteiger charge is 2.44. The normalized spacial score (nSPS) is 15.6. The number of carbonyl (C=O) groups is 1. The van der Waals surface area contributed by atoms with Crippen LogP contribution in [0.2, 0.25) is 0 Å². The van der Waals surface area contributed by atoms with E-state index in [4.69, 9.17) is 4.74 Å². The Hall–Kier alpha value is -2.15. The molecule has 1 saturated carbocycles. The number of halogens is 1. The van der Waals surface area contributed by atoms with Crippen LogP contribution in [0.3, 0.4) is 0 Å². The molecule has 7 heteroatoms. The highest BCUT2D eigenvalue weighted by molar-refractivity contribution is 5.84. The summed E-state index contributed by atoms with van der Waals surface area (Å²) < 4.78 is 18.5. The molecule has 0 aromatic heterocycles. The highest BCUT2D eigenvalue weighted by atomic mass is 19.1. The van der Waals surface area contributed by atoms with Crippen molar-refractivity contribution in [3.05, 3.63) is 35.6 Å². The molecular weight excluding hydrogens is 323 g/mol. The molecule has 0 unspecified atom stereocenters. The maximum atomic E-state index is 13.5. The summed E-state index contributed by atoms with van der Waals surface area (Å²) in [5.41, 5.74) is 0.942. The van der Waals surface area contributed by atoms with Crippen molar-refractivity contribution in [2.24, 2.45) is 4.99 Å². The largest absolute Gasteiger partial charge is 0.383 e. The first-order chi connectivity index (χ1) is 12.0. The van der Waals surface area contributed by atoms with Crippen LogP contribution in [0, 0.1) is 5.82 Å². The number of methoxy groups -OCH3 is 1. The molecule has 0 heterocycles. The van der Waals surface area contributed by atoms with Gasteiger partial charge < -0.3 is 20.3 Å². The molecule has 138 valence electrons. The quantitative estimate of drug-likeness (QED) is 0.419. The van der Waals surface area contributed by atoms with E-state index in [1.165, 1.54) is 11.0 Å². The van der Waals surface area contributed by atoms with E-state index in [0.717, 1.165) is 18.4 Å². The second kappa shape index (κ2) is 8.80. The SMILES string of the molecule is COCCNC(=NCC(=O)N(C)C)NCC1(c2cccc(F)c2)CC1. The Morgan fingerprint density at radius 1 is 1.36 bits per heavy atom. The Morgan fingerprint density at radius 2 is 2.12 bits per heavy atom. The van der Waals surface area contributed by atoms with Gasteiger partial charge in [0.25, 0.3) is 0 Å². The van der Waals surface area contributed by atoms with Crippen LogP contribution in [0.1, 0.15) is 18.4 Å². The second-order valence-corrected chi connectivity index (χ2v) is 6.52. The number of carbonyl (C=O) groups excluding carboxylic acids is 1. The van der Waals surface area contributed by atoms with Gasteiger partial charge in [-0.15, -0.1) is 0 Å². The van der Waals surface area contributed by atoms with Crippen molar-refractivity contribution in [2.75, 3.05) is 47.4 Å². The lowest BCUT2D eigenvalue weighted by Gasteiger charge is -2.19. The lowest BCUT2D eigenvalue weighted by Crippen LogP contribution is -2.43. The van der Waals surface area contributed by atoms with Crippen LogP contribution in [0.4, 0.5) is 4.39 Å². The van der Waals surface area contributed by atoms with Crippen LogP contribution >= 0.6 is 0 Å². The number of guanidine groups is 1. The number of nitrogens with zero attached hydrogens (tertiary/aromatic N) is 2.